The molecule has 1 aliphatic heterocycles. The molecule has 1 N–H and O–H groups in total. The molecule has 1 heterocycles. The van der Waals surface area contributed by atoms with Crippen molar-refractivity contribution >= 4 is 28.3 Å². The van der Waals surface area contributed by atoms with Crippen LogP contribution in [0.2, 0.25) is 0 Å². The van der Waals surface area contributed by atoms with Gasteiger partial charge in [-0.05, 0) is 70.3 Å². The van der Waals surface area contributed by atoms with Gasteiger partial charge in [-0.15, -0.1) is 0 Å². The summed E-state index contributed by atoms with van der Waals surface area (Å²) in [5.41, 5.74) is 1.92. The molecule has 124 valence electrons. The normalized spacial score (nSPS) is 25.1. The first kappa shape index (κ1) is 16.0. The monoisotopic (exact) mass is 441 g/mol. The van der Waals surface area contributed by atoms with E-state index in [2.05, 4.69) is 46.1 Å². The minimum Gasteiger partial charge on any atom is -0.378 e. The Balaban J connectivity index is 1.83. The third-order valence-corrected chi connectivity index (χ3v) is 5.60. The van der Waals surface area contributed by atoms with Gasteiger partial charge in [-0.1, -0.05) is 30.4 Å². The van der Waals surface area contributed by atoms with E-state index in [9.17, 15) is 13.2 Å². The van der Waals surface area contributed by atoms with Crippen molar-refractivity contribution in [2.24, 2.45) is 5.92 Å². The number of rotatable bonds is 1. The molecule has 24 heavy (non-hydrogen) atoms. The molecule has 0 saturated heterocycles. The van der Waals surface area contributed by atoms with Crippen molar-refractivity contribution in [3.05, 3.63) is 74.9 Å². The van der Waals surface area contributed by atoms with Crippen molar-refractivity contribution in [1.82, 2.24) is 0 Å². The molecule has 0 bridgehead atoms. The minimum atomic E-state index is -4.34. The number of anilines is 1. The van der Waals surface area contributed by atoms with E-state index >= 15 is 0 Å². The molecule has 3 atom stereocenters. The molecule has 0 fully saturated rings. The Kier molecular flexibility index (Phi) is 3.86. The Morgan fingerprint density at radius 2 is 1.83 bits per heavy atom. The van der Waals surface area contributed by atoms with Crippen LogP contribution in [-0.2, 0) is 6.18 Å². The van der Waals surface area contributed by atoms with Crippen LogP contribution in [-0.4, -0.2) is 0 Å². The van der Waals surface area contributed by atoms with E-state index in [4.69, 9.17) is 0 Å². The number of allylic oxidation sites excluding steroid dienone is 2. The number of fused-ring (bicyclic) bond motifs is 3. The van der Waals surface area contributed by atoms with Gasteiger partial charge in [-0.25, -0.2) is 0 Å². The summed E-state index contributed by atoms with van der Waals surface area (Å²) in [7, 11) is 0. The molecule has 2 aliphatic rings. The lowest BCUT2D eigenvalue weighted by atomic mass is 9.76. The van der Waals surface area contributed by atoms with Crippen LogP contribution in [0.15, 0.2) is 54.6 Å². The summed E-state index contributed by atoms with van der Waals surface area (Å²) in [5.74, 6) is 0.279. The Hall–Kier alpha value is -1.50. The topological polar surface area (TPSA) is 12.0 Å². The van der Waals surface area contributed by atoms with Crippen molar-refractivity contribution in [1.29, 1.82) is 0 Å². The Labute approximate surface area is 152 Å². The first-order chi connectivity index (χ1) is 11.4. The average molecular weight is 441 g/mol. The third-order valence-electron chi connectivity index (χ3n) is 4.93. The van der Waals surface area contributed by atoms with Crippen LogP contribution >= 0.6 is 22.6 Å². The van der Waals surface area contributed by atoms with Gasteiger partial charge in [0.25, 0.3) is 0 Å². The van der Waals surface area contributed by atoms with Crippen LogP contribution in [0.4, 0.5) is 18.9 Å². The van der Waals surface area contributed by atoms with E-state index in [0.717, 1.165) is 15.7 Å². The van der Waals surface area contributed by atoms with Crippen LogP contribution < -0.4 is 5.32 Å². The zero-order valence-electron chi connectivity index (χ0n) is 12.6. The number of nitrogens with one attached hydrogen (secondary N) is 1. The van der Waals surface area contributed by atoms with Gasteiger partial charge < -0.3 is 5.32 Å². The zero-order valence-corrected chi connectivity index (χ0v) is 14.8. The lowest BCUT2D eigenvalue weighted by Gasteiger charge is -2.38. The molecular weight excluding hydrogens is 426 g/mol. The van der Waals surface area contributed by atoms with E-state index in [1.165, 1.54) is 17.7 Å². The lowest BCUT2D eigenvalue weighted by molar-refractivity contribution is -0.138. The summed E-state index contributed by atoms with van der Waals surface area (Å²) in [6.07, 6.45) is 0.685. The Bertz CT molecular complexity index is 812. The molecule has 1 nitrogen and oxygen atoms in total. The fraction of sp³-hybridized carbons (Fsp3) is 0.263. The van der Waals surface area contributed by atoms with Crippen molar-refractivity contribution in [3.8, 4) is 0 Å². The van der Waals surface area contributed by atoms with Gasteiger partial charge in [-0.3, -0.25) is 0 Å². The summed E-state index contributed by atoms with van der Waals surface area (Å²) in [5, 5.41) is 3.38. The molecule has 0 unspecified atom stereocenters. The molecule has 0 aromatic heterocycles. The molecular formula is C19H15F3IN. The molecule has 0 amide bonds. The van der Waals surface area contributed by atoms with Crippen molar-refractivity contribution in [2.75, 3.05) is 5.32 Å². The average Bonchev–Trinajstić information content (AvgIpc) is 3.03. The Morgan fingerprint density at radius 1 is 1.04 bits per heavy atom. The fourth-order valence-corrected chi connectivity index (χ4v) is 4.41. The SMILES string of the molecule is FC(F)(F)c1ccccc1[C@@H]1Nc2ccc(I)cc2[C@@H]2C=CC[C@@H]21. The predicted octanol–water partition coefficient (Wildman–Crippen LogP) is 6.14. The first-order valence-electron chi connectivity index (χ1n) is 7.84. The van der Waals surface area contributed by atoms with Gasteiger partial charge in [0.2, 0.25) is 0 Å². The molecule has 0 spiro atoms. The van der Waals surface area contributed by atoms with Gasteiger partial charge in [0.1, 0.15) is 0 Å². The summed E-state index contributed by atoms with van der Waals surface area (Å²) in [6.45, 7) is 0. The maximum Gasteiger partial charge on any atom is 0.416 e. The van der Waals surface area contributed by atoms with Gasteiger partial charge in [0.05, 0.1) is 11.6 Å². The van der Waals surface area contributed by atoms with Gasteiger partial charge in [-0.2, -0.15) is 13.2 Å². The molecule has 4 rings (SSSR count). The first-order valence-corrected chi connectivity index (χ1v) is 8.92. The van der Waals surface area contributed by atoms with Gasteiger partial charge in [0.15, 0.2) is 0 Å². The van der Waals surface area contributed by atoms with Gasteiger partial charge in [0, 0.05) is 15.2 Å². The zero-order chi connectivity index (χ0) is 16.9. The van der Waals surface area contributed by atoms with Crippen molar-refractivity contribution < 1.29 is 13.2 Å². The number of hydrogen-bond acceptors (Lipinski definition) is 1. The summed E-state index contributed by atoms with van der Waals surface area (Å²) in [6, 6.07) is 11.7. The van der Waals surface area contributed by atoms with E-state index in [1.54, 1.807) is 12.1 Å². The van der Waals surface area contributed by atoms with Crippen molar-refractivity contribution in [3.63, 3.8) is 0 Å². The smallest absolute Gasteiger partial charge is 0.378 e. The summed E-state index contributed by atoms with van der Waals surface area (Å²) in [4.78, 5) is 0. The largest absolute Gasteiger partial charge is 0.416 e. The van der Waals surface area contributed by atoms with E-state index in [-0.39, 0.29) is 17.9 Å². The number of halogens is 4. The van der Waals surface area contributed by atoms with E-state index in [0.29, 0.717) is 5.56 Å². The van der Waals surface area contributed by atoms with Gasteiger partial charge >= 0.3 is 6.18 Å². The van der Waals surface area contributed by atoms with Crippen LogP contribution in [0, 0.1) is 9.49 Å². The summed E-state index contributed by atoms with van der Waals surface area (Å²) < 4.78 is 41.5. The van der Waals surface area contributed by atoms with Crippen LogP contribution in [0.25, 0.3) is 0 Å². The molecule has 0 saturated carbocycles. The fourth-order valence-electron chi connectivity index (χ4n) is 3.90. The van der Waals surface area contributed by atoms with Crippen LogP contribution in [0.3, 0.4) is 0 Å². The van der Waals surface area contributed by atoms with E-state index < -0.39 is 11.7 Å². The van der Waals surface area contributed by atoms with Crippen LogP contribution in [0.1, 0.15) is 35.1 Å². The second-order valence-electron chi connectivity index (χ2n) is 6.29. The molecule has 1 aliphatic carbocycles. The maximum absolute atomic E-state index is 13.5. The van der Waals surface area contributed by atoms with E-state index in [1.807, 2.05) is 12.1 Å². The highest BCUT2D eigenvalue weighted by molar-refractivity contribution is 14.1. The molecule has 2 aromatic carbocycles. The quantitative estimate of drug-likeness (QED) is 0.415. The predicted molar refractivity (Wildman–Crippen MR) is 97.0 cm³/mol. The minimum absolute atomic E-state index is 0.110. The molecule has 0 radical (unpaired) electrons. The standard InChI is InChI=1S/C19H15F3IN/c20-19(21,22)16-7-2-1-4-14(16)18-13-6-3-5-12(13)15-10-11(23)8-9-17(15)24-18/h1-5,7-10,12-13,18,24H,6H2/t12-,13+,18-/m1/s1. The summed E-state index contributed by atoms with van der Waals surface area (Å²) >= 11 is 2.27. The van der Waals surface area contributed by atoms with Crippen molar-refractivity contribution in [2.45, 2.75) is 24.6 Å². The highest BCUT2D eigenvalue weighted by atomic mass is 127. The maximum atomic E-state index is 13.5. The number of benzene rings is 2. The molecule has 2 aromatic rings. The highest BCUT2D eigenvalue weighted by Gasteiger charge is 2.42. The second kappa shape index (κ2) is 5.79. The molecule has 5 heteroatoms. The van der Waals surface area contributed by atoms with Crippen LogP contribution in [0.5, 0.6) is 0 Å². The lowest BCUT2D eigenvalue weighted by Crippen LogP contribution is -2.30. The number of alkyl halides is 3. The second-order valence-corrected chi connectivity index (χ2v) is 7.54. The number of hydrogen-bond donors (Lipinski definition) is 1. The highest BCUT2D eigenvalue weighted by Crippen LogP contribution is 2.51. The Morgan fingerprint density at radius 3 is 2.62 bits per heavy atom. The third kappa shape index (κ3) is 2.62.